The van der Waals surface area contributed by atoms with Crippen molar-refractivity contribution in [2.45, 2.75) is 18.9 Å². The summed E-state index contributed by atoms with van der Waals surface area (Å²) in [6.07, 6.45) is 0.732. The van der Waals surface area contributed by atoms with E-state index in [1.807, 2.05) is 0 Å². The molecule has 1 amide bonds. The fourth-order valence-electron chi connectivity index (χ4n) is 2.34. The van der Waals surface area contributed by atoms with Crippen LogP contribution >= 0.6 is 11.6 Å². The van der Waals surface area contributed by atoms with Crippen LogP contribution in [-0.2, 0) is 14.6 Å². The first kappa shape index (κ1) is 16.9. The van der Waals surface area contributed by atoms with Crippen molar-refractivity contribution in [1.82, 2.24) is 5.32 Å². The van der Waals surface area contributed by atoms with Crippen LogP contribution in [0.1, 0.15) is 12.8 Å². The zero-order valence-electron chi connectivity index (χ0n) is 12.3. The van der Waals surface area contributed by atoms with Gasteiger partial charge in [0.15, 0.2) is 9.84 Å². The molecule has 22 heavy (non-hydrogen) atoms. The summed E-state index contributed by atoms with van der Waals surface area (Å²) in [4.78, 5) is 11.8. The Hall–Kier alpha value is -1.47. The van der Waals surface area contributed by atoms with Gasteiger partial charge >= 0.3 is 0 Å². The van der Waals surface area contributed by atoms with E-state index in [-0.39, 0.29) is 29.9 Å². The van der Waals surface area contributed by atoms with Gasteiger partial charge in [0.1, 0.15) is 5.75 Å². The Morgan fingerprint density at radius 1 is 1.45 bits per heavy atom. The molecule has 1 unspecified atom stereocenters. The minimum absolute atomic E-state index is 0.0360. The number of anilines is 1. The summed E-state index contributed by atoms with van der Waals surface area (Å²) in [7, 11) is -1.42. The molecule has 1 aromatic rings. The van der Waals surface area contributed by atoms with Gasteiger partial charge < -0.3 is 15.4 Å². The Bertz CT molecular complexity index is 648. The fourth-order valence-corrected chi connectivity index (χ4v) is 4.18. The van der Waals surface area contributed by atoms with Crippen LogP contribution in [-0.4, -0.2) is 45.5 Å². The predicted octanol–water partition coefficient (Wildman–Crippen LogP) is 1.45. The lowest BCUT2D eigenvalue weighted by molar-refractivity contribution is -0.121. The summed E-state index contributed by atoms with van der Waals surface area (Å²) < 4.78 is 27.9. The summed E-state index contributed by atoms with van der Waals surface area (Å²) in [6, 6.07) is 4.92. The maximum Gasteiger partial charge on any atom is 0.222 e. The highest BCUT2D eigenvalue weighted by Crippen LogP contribution is 2.27. The van der Waals surface area contributed by atoms with Gasteiger partial charge in [0.25, 0.3) is 0 Å². The summed E-state index contributed by atoms with van der Waals surface area (Å²) >= 11 is 5.92. The maximum atomic E-state index is 11.8. The van der Waals surface area contributed by atoms with E-state index >= 15 is 0 Å². The minimum Gasteiger partial charge on any atom is -0.495 e. The van der Waals surface area contributed by atoms with Crippen molar-refractivity contribution in [3.63, 3.8) is 0 Å². The van der Waals surface area contributed by atoms with Crippen molar-refractivity contribution in [1.29, 1.82) is 0 Å². The molecule has 0 saturated carbocycles. The highest BCUT2D eigenvalue weighted by molar-refractivity contribution is 7.91. The van der Waals surface area contributed by atoms with E-state index in [2.05, 4.69) is 10.6 Å². The van der Waals surface area contributed by atoms with Crippen LogP contribution in [0, 0.1) is 0 Å². The molecule has 0 spiro atoms. The number of methoxy groups -OCH3 is 1. The molecule has 1 aliphatic rings. The van der Waals surface area contributed by atoms with Crippen LogP contribution in [0.25, 0.3) is 0 Å². The lowest BCUT2D eigenvalue weighted by Gasteiger charge is -2.13. The number of amides is 1. The van der Waals surface area contributed by atoms with Gasteiger partial charge in [-0.1, -0.05) is 11.6 Å². The van der Waals surface area contributed by atoms with Crippen LogP contribution < -0.4 is 15.4 Å². The number of sulfone groups is 1. The van der Waals surface area contributed by atoms with Crippen LogP contribution in [0.2, 0.25) is 5.02 Å². The number of hydrogen-bond donors (Lipinski definition) is 2. The number of halogens is 1. The lowest BCUT2D eigenvalue weighted by Crippen LogP contribution is -2.36. The predicted molar refractivity (Wildman–Crippen MR) is 86.3 cm³/mol. The maximum absolute atomic E-state index is 11.8. The Morgan fingerprint density at radius 3 is 2.86 bits per heavy atom. The van der Waals surface area contributed by atoms with Crippen molar-refractivity contribution in [3.8, 4) is 5.75 Å². The SMILES string of the molecule is COc1ccc(Cl)cc1NCCC(=O)NC1CCS(=O)(=O)C1. The molecule has 0 radical (unpaired) electrons. The molecule has 0 aromatic heterocycles. The number of rotatable bonds is 6. The third-order valence-corrected chi connectivity index (χ3v) is 5.43. The van der Waals surface area contributed by atoms with Gasteiger partial charge in [-0.15, -0.1) is 0 Å². The fraction of sp³-hybridized carbons (Fsp3) is 0.500. The Labute approximate surface area is 135 Å². The van der Waals surface area contributed by atoms with Gasteiger partial charge in [-0.3, -0.25) is 4.79 Å². The minimum atomic E-state index is -2.98. The molecule has 2 N–H and O–H groups in total. The third kappa shape index (κ3) is 4.78. The second-order valence-corrected chi connectivity index (χ2v) is 7.85. The molecular formula is C14H19ClN2O4S. The van der Waals surface area contributed by atoms with Crippen molar-refractivity contribution in [3.05, 3.63) is 23.2 Å². The van der Waals surface area contributed by atoms with E-state index in [0.29, 0.717) is 29.4 Å². The smallest absolute Gasteiger partial charge is 0.222 e. The first-order chi connectivity index (χ1) is 10.4. The van der Waals surface area contributed by atoms with E-state index in [9.17, 15) is 13.2 Å². The molecule has 1 heterocycles. The monoisotopic (exact) mass is 346 g/mol. The standard InChI is InChI=1S/C14H19ClN2O4S/c1-21-13-3-2-10(15)8-12(13)16-6-4-14(18)17-11-5-7-22(19,20)9-11/h2-3,8,11,16H,4-7,9H2,1H3,(H,17,18). The third-order valence-electron chi connectivity index (χ3n) is 3.43. The second-order valence-electron chi connectivity index (χ2n) is 5.19. The van der Waals surface area contributed by atoms with Gasteiger partial charge in [0, 0.05) is 24.0 Å². The lowest BCUT2D eigenvalue weighted by atomic mass is 10.2. The van der Waals surface area contributed by atoms with E-state index in [1.54, 1.807) is 25.3 Å². The number of carbonyl (C=O) groups is 1. The summed E-state index contributed by atoms with van der Waals surface area (Å²) in [5, 5.41) is 6.41. The Morgan fingerprint density at radius 2 is 2.23 bits per heavy atom. The quantitative estimate of drug-likeness (QED) is 0.814. The zero-order chi connectivity index (χ0) is 16.2. The van der Waals surface area contributed by atoms with Crippen molar-refractivity contribution in [2.75, 3.05) is 30.5 Å². The average molecular weight is 347 g/mol. The molecular weight excluding hydrogens is 328 g/mol. The second kappa shape index (κ2) is 7.19. The van der Waals surface area contributed by atoms with E-state index in [0.717, 1.165) is 0 Å². The van der Waals surface area contributed by atoms with Crippen LogP contribution in [0.5, 0.6) is 5.75 Å². The molecule has 1 aliphatic heterocycles. The van der Waals surface area contributed by atoms with Gasteiger partial charge in [-0.25, -0.2) is 8.42 Å². The first-order valence-electron chi connectivity index (χ1n) is 6.97. The molecule has 8 heteroatoms. The van der Waals surface area contributed by atoms with Crippen molar-refractivity contribution in [2.24, 2.45) is 0 Å². The summed E-state index contributed by atoms with van der Waals surface area (Å²) in [5.74, 6) is 0.659. The molecule has 1 atom stereocenters. The molecule has 6 nitrogen and oxygen atoms in total. The van der Waals surface area contributed by atoms with Gasteiger partial charge in [-0.05, 0) is 24.6 Å². The van der Waals surface area contributed by atoms with Crippen molar-refractivity contribution >= 4 is 33.0 Å². The van der Waals surface area contributed by atoms with Gasteiger partial charge in [0.2, 0.25) is 5.91 Å². The van der Waals surface area contributed by atoms with Crippen LogP contribution in [0.15, 0.2) is 18.2 Å². The highest BCUT2D eigenvalue weighted by Gasteiger charge is 2.28. The van der Waals surface area contributed by atoms with Crippen molar-refractivity contribution < 1.29 is 17.9 Å². The van der Waals surface area contributed by atoms with Gasteiger partial charge in [0.05, 0.1) is 24.3 Å². The van der Waals surface area contributed by atoms with E-state index in [1.165, 1.54) is 0 Å². The highest BCUT2D eigenvalue weighted by atomic mass is 35.5. The molecule has 1 aromatic carbocycles. The Balaban J connectivity index is 1.79. The number of ether oxygens (including phenoxy) is 1. The first-order valence-corrected chi connectivity index (χ1v) is 9.17. The Kier molecular flexibility index (Phi) is 5.52. The molecule has 2 rings (SSSR count). The number of carbonyl (C=O) groups excluding carboxylic acids is 1. The number of hydrogen-bond acceptors (Lipinski definition) is 5. The average Bonchev–Trinajstić information content (AvgIpc) is 2.78. The van der Waals surface area contributed by atoms with Gasteiger partial charge in [-0.2, -0.15) is 0 Å². The molecule has 0 bridgehead atoms. The van der Waals surface area contributed by atoms with Crippen LogP contribution in [0.3, 0.4) is 0 Å². The van der Waals surface area contributed by atoms with E-state index < -0.39 is 9.84 Å². The summed E-state index contributed by atoms with van der Waals surface area (Å²) in [5.41, 5.74) is 0.714. The van der Waals surface area contributed by atoms with E-state index in [4.69, 9.17) is 16.3 Å². The summed E-state index contributed by atoms with van der Waals surface area (Å²) in [6.45, 7) is 0.405. The molecule has 122 valence electrons. The largest absolute Gasteiger partial charge is 0.495 e. The normalized spacial score (nSPS) is 19.6. The molecule has 1 fully saturated rings. The topological polar surface area (TPSA) is 84.5 Å². The number of benzene rings is 1. The number of nitrogens with one attached hydrogen (secondary N) is 2. The molecule has 0 aliphatic carbocycles. The molecule has 1 saturated heterocycles. The zero-order valence-corrected chi connectivity index (χ0v) is 13.8. The van der Waals surface area contributed by atoms with Crippen LogP contribution in [0.4, 0.5) is 5.69 Å².